The van der Waals surface area contributed by atoms with Crippen molar-refractivity contribution in [1.82, 2.24) is 24.1 Å². The van der Waals surface area contributed by atoms with Gasteiger partial charge in [0.2, 0.25) is 0 Å². The van der Waals surface area contributed by atoms with Crippen LogP contribution in [-0.2, 0) is 0 Å². The summed E-state index contributed by atoms with van der Waals surface area (Å²) in [5, 5.41) is 6.75. The summed E-state index contributed by atoms with van der Waals surface area (Å²) in [6.07, 6.45) is 0. The summed E-state index contributed by atoms with van der Waals surface area (Å²) in [6.45, 7) is 0. The van der Waals surface area contributed by atoms with Crippen LogP contribution in [0.2, 0.25) is 0 Å². The van der Waals surface area contributed by atoms with Gasteiger partial charge in [-0.15, -0.1) is 0 Å². The second-order valence-corrected chi connectivity index (χ2v) is 17.6. The fraction of sp³-hybridized carbons (Fsp3) is 0. The van der Waals surface area contributed by atoms with Crippen LogP contribution in [0.3, 0.4) is 0 Å². The van der Waals surface area contributed by atoms with E-state index in [0.717, 1.165) is 105 Å². The first-order valence-corrected chi connectivity index (χ1v) is 23.3. The van der Waals surface area contributed by atoms with E-state index in [-0.39, 0.29) is 0 Å². The van der Waals surface area contributed by atoms with Crippen LogP contribution in [0.25, 0.3) is 133 Å². The zero-order chi connectivity index (χ0) is 45.4. The number of aromatic nitrogens is 5. The Hall–Kier alpha value is -9.39. The van der Waals surface area contributed by atoms with E-state index in [4.69, 9.17) is 19.4 Å². The van der Waals surface area contributed by atoms with Gasteiger partial charge in [0.15, 0.2) is 28.6 Å². The Labute approximate surface area is 396 Å². The zero-order valence-corrected chi connectivity index (χ0v) is 37.2. The van der Waals surface area contributed by atoms with Crippen molar-refractivity contribution in [3.05, 3.63) is 237 Å². The summed E-state index contributed by atoms with van der Waals surface area (Å²) < 4.78 is 12.1. The summed E-state index contributed by atoms with van der Waals surface area (Å²) in [5.74, 6) is 1.84. The maximum atomic E-state index is 7.35. The maximum absolute atomic E-state index is 7.35. The molecule has 6 heteroatoms. The standard InChI is InChI=1S/C63H39N5O/c1-4-16-40(17-5-1)44-22-14-24-46(38-44)63-65-61(42-20-8-3-9-21-42)64-62(66-63)43-30-32-47(33-31-43)67-55-28-12-10-26-49(55)51-34-36-53-54-37-35-52-50-27-11-13-29-56(50)68(58(52)60(54)69-59(53)57(51)67)48-25-15-23-45(39-48)41-18-6-2-7-19-41/h1-39H. The molecule has 0 aliphatic carbocycles. The lowest BCUT2D eigenvalue weighted by molar-refractivity contribution is 0.673. The lowest BCUT2D eigenvalue weighted by Gasteiger charge is -2.11. The van der Waals surface area contributed by atoms with Crippen molar-refractivity contribution in [2.24, 2.45) is 0 Å². The Morgan fingerprint density at radius 1 is 0.261 bits per heavy atom. The molecule has 0 fully saturated rings. The Bertz CT molecular complexity index is 4280. The van der Waals surface area contributed by atoms with Crippen LogP contribution >= 0.6 is 0 Å². The van der Waals surface area contributed by atoms with Crippen LogP contribution in [0.5, 0.6) is 0 Å². The van der Waals surface area contributed by atoms with Crippen LogP contribution in [-0.4, -0.2) is 24.1 Å². The summed E-state index contributed by atoms with van der Waals surface area (Å²) in [5.41, 5.74) is 15.4. The first-order valence-electron chi connectivity index (χ1n) is 23.3. The number of benzene rings is 10. The number of fused-ring (bicyclic) bond motifs is 11. The van der Waals surface area contributed by atoms with Crippen molar-refractivity contribution in [3.63, 3.8) is 0 Å². The van der Waals surface area contributed by atoms with Crippen molar-refractivity contribution in [2.45, 2.75) is 0 Å². The van der Waals surface area contributed by atoms with Gasteiger partial charge in [-0.2, -0.15) is 0 Å². The highest BCUT2D eigenvalue weighted by Gasteiger charge is 2.23. The summed E-state index contributed by atoms with van der Waals surface area (Å²) in [7, 11) is 0. The third-order valence-electron chi connectivity index (χ3n) is 13.6. The highest BCUT2D eigenvalue weighted by atomic mass is 16.3. The Kier molecular flexibility index (Phi) is 8.79. The molecule has 0 amide bonds. The van der Waals surface area contributed by atoms with E-state index in [1.807, 2.05) is 36.4 Å². The molecule has 0 saturated carbocycles. The molecule has 0 N–H and O–H groups in total. The predicted octanol–water partition coefficient (Wildman–Crippen LogP) is 16.3. The molecule has 14 rings (SSSR count). The van der Waals surface area contributed by atoms with Crippen molar-refractivity contribution in [1.29, 1.82) is 0 Å². The predicted molar refractivity (Wildman–Crippen MR) is 283 cm³/mol. The molecule has 0 radical (unpaired) electrons. The van der Waals surface area contributed by atoms with Crippen LogP contribution < -0.4 is 0 Å². The topological polar surface area (TPSA) is 61.7 Å². The molecule has 0 saturated heterocycles. The molecule has 0 atom stereocenters. The normalized spacial score (nSPS) is 11.8. The highest BCUT2D eigenvalue weighted by Crippen LogP contribution is 2.45. The fourth-order valence-corrected chi connectivity index (χ4v) is 10.4. The van der Waals surface area contributed by atoms with E-state index >= 15 is 0 Å². The molecule has 0 spiro atoms. The maximum Gasteiger partial charge on any atom is 0.164 e. The van der Waals surface area contributed by atoms with Gasteiger partial charge in [-0.25, -0.2) is 15.0 Å². The lowest BCUT2D eigenvalue weighted by atomic mass is 10.0. The van der Waals surface area contributed by atoms with Crippen molar-refractivity contribution in [3.8, 4) is 67.8 Å². The smallest absolute Gasteiger partial charge is 0.164 e. The van der Waals surface area contributed by atoms with Gasteiger partial charge in [-0.3, -0.25) is 0 Å². The largest absolute Gasteiger partial charge is 0.452 e. The van der Waals surface area contributed by atoms with Crippen LogP contribution in [0.15, 0.2) is 241 Å². The van der Waals surface area contributed by atoms with Gasteiger partial charge in [-0.1, -0.05) is 170 Å². The lowest BCUT2D eigenvalue weighted by Crippen LogP contribution is -2.00. The minimum absolute atomic E-state index is 0.603. The van der Waals surface area contributed by atoms with Gasteiger partial charge in [0.1, 0.15) is 0 Å². The molecule has 4 heterocycles. The summed E-state index contributed by atoms with van der Waals surface area (Å²) >= 11 is 0. The third-order valence-corrected chi connectivity index (χ3v) is 13.6. The van der Waals surface area contributed by atoms with Crippen molar-refractivity contribution < 1.29 is 4.42 Å². The van der Waals surface area contributed by atoms with E-state index in [0.29, 0.717) is 17.5 Å². The Morgan fingerprint density at radius 3 is 1.23 bits per heavy atom. The molecular formula is C63H39N5O. The number of furan rings is 1. The van der Waals surface area contributed by atoms with Crippen molar-refractivity contribution >= 4 is 65.6 Å². The average molecular weight is 882 g/mol. The quantitative estimate of drug-likeness (QED) is 0.160. The molecule has 322 valence electrons. The molecule has 0 aliphatic rings. The first-order chi connectivity index (χ1) is 34.2. The second-order valence-electron chi connectivity index (χ2n) is 17.6. The zero-order valence-electron chi connectivity index (χ0n) is 37.2. The monoisotopic (exact) mass is 881 g/mol. The molecule has 69 heavy (non-hydrogen) atoms. The molecule has 0 aliphatic heterocycles. The summed E-state index contributed by atoms with van der Waals surface area (Å²) in [6, 6.07) is 83.2. The van der Waals surface area contributed by atoms with Gasteiger partial charge in [-0.05, 0) is 89.0 Å². The van der Waals surface area contributed by atoms with Gasteiger partial charge >= 0.3 is 0 Å². The molecular weight excluding hydrogens is 843 g/mol. The van der Waals surface area contributed by atoms with Gasteiger partial charge < -0.3 is 13.6 Å². The van der Waals surface area contributed by atoms with E-state index in [2.05, 4.69) is 209 Å². The first kappa shape index (κ1) is 38.8. The Balaban J connectivity index is 0.948. The number of para-hydroxylation sites is 2. The SMILES string of the molecule is c1ccc(-c2cccc(-c3nc(-c4ccccc4)nc(-c4ccc(-n5c6ccccc6c6ccc7c8ccc9c%10ccccc%10n(-c%10cccc(-c%11ccccc%11)c%10)c9c8oc7c65)cc4)n3)c2)cc1. The molecule has 6 nitrogen and oxygen atoms in total. The average Bonchev–Trinajstić information content (AvgIpc) is 4.10. The van der Waals surface area contributed by atoms with Crippen molar-refractivity contribution in [2.75, 3.05) is 0 Å². The van der Waals surface area contributed by atoms with E-state index in [1.165, 1.54) is 10.9 Å². The molecule has 0 unspecified atom stereocenters. The number of nitrogens with zero attached hydrogens (tertiary/aromatic N) is 5. The van der Waals surface area contributed by atoms with Gasteiger partial charge in [0, 0.05) is 60.4 Å². The third kappa shape index (κ3) is 6.30. The van der Waals surface area contributed by atoms with Crippen LogP contribution in [0, 0.1) is 0 Å². The van der Waals surface area contributed by atoms with Crippen LogP contribution in [0.1, 0.15) is 0 Å². The molecule has 14 aromatic rings. The Morgan fingerprint density at radius 2 is 0.667 bits per heavy atom. The van der Waals surface area contributed by atoms with Gasteiger partial charge in [0.05, 0.1) is 22.1 Å². The number of rotatable bonds is 7. The van der Waals surface area contributed by atoms with E-state index in [9.17, 15) is 0 Å². The highest BCUT2D eigenvalue weighted by molar-refractivity contribution is 6.26. The molecule has 0 bridgehead atoms. The van der Waals surface area contributed by atoms with E-state index < -0.39 is 0 Å². The fourth-order valence-electron chi connectivity index (χ4n) is 10.4. The minimum Gasteiger partial charge on any atom is -0.452 e. The minimum atomic E-state index is 0.603. The van der Waals surface area contributed by atoms with Gasteiger partial charge in [0.25, 0.3) is 0 Å². The number of hydrogen-bond donors (Lipinski definition) is 0. The second kappa shape index (κ2) is 15.6. The molecule has 10 aromatic carbocycles. The molecule has 4 aromatic heterocycles. The van der Waals surface area contributed by atoms with E-state index in [1.54, 1.807) is 0 Å². The van der Waals surface area contributed by atoms with Crippen LogP contribution in [0.4, 0.5) is 0 Å². The summed E-state index contributed by atoms with van der Waals surface area (Å²) in [4.78, 5) is 15.3. The number of hydrogen-bond acceptors (Lipinski definition) is 4.